The zero-order valence-electron chi connectivity index (χ0n) is 13.3. The number of nitrogen functional groups attached to an aromatic ring is 1. The number of nitrogens with zero attached hydrogens (tertiary/aromatic N) is 4. The smallest absolute Gasteiger partial charge is 0.271 e. The zero-order chi connectivity index (χ0) is 16.7. The van der Waals surface area contributed by atoms with Gasteiger partial charge in [-0.1, -0.05) is 13.3 Å². The summed E-state index contributed by atoms with van der Waals surface area (Å²) in [5, 5.41) is 0. The molecule has 0 aliphatic rings. The lowest BCUT2D eigenvalue weighted by atomic mass is 10.3. The van der Waals surface area contributed by atoms with Crippen molar-refractivity contribution in [2.24, 2.45) is 0 Å². The van der Waals surface area contributed by atoms with Crippen LogP contribution in [0.1, 0.15) is 30.1 Å². The highest BCUT2D eigenvalue weighted by Crippen LogP contribution is 2.24. The standard InChI is InChI=1S/C15H21N7O/c1-3-4-8-22(2)14-12(16)13(18-10-19-14)20-21-15(23)11-6-5-7-17-9-11/h5-7,9-10H,3-4,8,16H2,1-2H3,(H,21,23)(H,18,19,20). The van der Waals surface area contributed by atoms with Crippen LogP contribution in [-0.4, -0.2) is 34.5 Å². The fourth-order valence-corrected chi connectivity index (χ4v) is 1.98. The van der Waals surface area contributed by atoms with Gasteiger partial charge in [0.15, 0.2) is 11.6 Å². The molecule has 0 aromatic carbocycles. The molecule has 0 unspecified atom stereocenters. The van der Waals surface area contributed by atoms with E-state index in [1.807, 2.05) is 11.9 Å². The summed E-state index contributed by atoms with van der Waals surface area (Å²) in [4.78, 5) is 26.1. The van der Waals surface area contributed by atoms with E-state index in [0.717, 1.165) is 19.4 Å². The molecule has 0 saturated heterocycles. The van der Waals surface area contributed by atoms with E-state index in [9.17, 15) is 4.79 Å². The Morgan fingerprint density at radius 2 is 2.22 bits per heavy atom. The van der Waals surface area contributed by atoms with Gasteiger partial charge in [-0.15, -0.1) is 0 Å². The van der Waals surface area contributed by atoms with Crippen molar-refractivity contribution in [3.63, 3.8) is 0 Å². The number of hydrogen-bond acceptors (Lipinski definition) is 7. The summed E-state index contributed by atoms with van der Waals surface area (Å²) in [7, 11) is 1.92. The molecule has 0 aliphatic carbocycles. The van der Waals surface area contributed by atoms with Crippen LogP contribution >= 0.6 is 0 Å². The Balaban J connectivity index is 2.04. The second-order valence-electron chi connectivity index (χ2n) is 5.06. The van der Waals surface area contributed by atoms with Gasteiger partial charge in [0.1, 0.15) is 12.0 Å². The van der Waals surface area contributed by atoms with Crippen molar-refractivity contribution in [2.45, 2.75) is 19.8 Å². The molecule has 2 aromatic heterocycles. The molecule has 4 N–H and O–H groups in total. The summed E-state index contributed by atoms with van der Waals surface area (Å²) in [5.74, 6) is 0.666. The third-order valence-electron chi connectivity index (χ3n) is 3.29. The fraction of sp³-hybridized carbons (Fsp3) is 0.333. The molecule has 0 bridgehead atoms. The van der Waals surface area contributed by atoms with Crippen LogP contribution < -0.4 is 21.5 Å². The van der Waals surface area contributed by atoms with Crippen LogP contribution in [-0.2, 0) is 0 Å². The third-order valence-corrected chi connectivity index (χ3v) is 3.29. The molecule has 122 valence electrons. The minimum Gasteiger partial charge on any atom is -0.393 e. The number of unbranched alkanes of at least 4 members (excludes halogenated alkanes) is 1. The first-order valence-corrected chi connectivity index (χ1v) is 7.41. The highest BCUT2D eigenvalue weighted by Gasteiger charge is 2.13. The number of carbonyl (C=O) groups excluding carboxylic acids is 1. The van der Waals surface area contributed by atoms with Gasteiger partial charge in [0.05, 0.1) is 5.56 Å². The third kappa shape index (κ3) is 4.29. The minimum absolute atomic E-state index is 0.322. The Morgan fingerprint density at radius 3 is 2.91 bits per heavy atom. The van der Waals surface area contributed by atoms with E-state index in [-0.39, 0.29) is 5.91 Å². The van der Waals surface area contributed by atoms with E-state index in [2.05, 4.69) is 32.7 Å². The maximum Gasteiger partial charge on any atom is 0.271 e. The SMILES string of the molecule is CCCCN(C)c1ncnc(NNC(=O)c2cccnc2)c1N. The number of carbonyl (C=O) groups is 1. The van der Waals surface area contributed by atoms with Gasteiger partial charge in [-0.05, 0) is 18.6 Å². The number of amides is 1. The number of pyridine rings is 1. The molecule has 0 radical (unpaired) electrons. The maximum atomic E-state index is 12.0. The Labute approximate surface area is 135 Å². The molecule has 0 fully saturated rings. The van der Waals surface area contributed by atoms with Crippen LogP contribution in [0, 0.1) is 0 Å². The number of hydrazine groups is 1. The minimum atomic E-state index is -0.322. The molecule has 2 heterocycles. The van der Waals surface area contributed by atoms with Gasteiger partial charge in [0, 0.05) is 26.0 Å². The normalized spacial score (nSPS) is 10.2. The Morgan fingerprint density at radius 1 is 1.39 bits per heavy atom. The zero-order valence-corrected chi connectivity index (χ0v) is 13.3. The van der Waals surface area contributed by atoms with Crippen molar-refractivity contribution in [1.82, 2.24) is 20.4 Å². The molecule has 0 spiro atoms. The molecular formula is C15H21N7O. The summed E-state index contributed by atoms with van der Waals surface area (Å²) in [6, 6.07) is 3.35. The van der Waals surface area contributed by atoms with Crippen LogP contribution in [0.15, 0.2) is 30.9 Å². The van der Waals surface area contributed by atoms with Gasteiger partial charge < -0.3 is 10.6 Å². The van der Waals surface area contributed by atoms with Crippen molar-refractivity contribution in [3.05, 3.63) is 36.4 Å². The summed E-state index contributed by atoms with van der Waals surface area (Å²) in [5.41, 5.74) is 12.2. The second kappa shape index (κ2) is 7.92. The average molecular weight is 315 g/mol. The number of hydrogen-bond donors (Lipinski definition) is 3. The van der Waals surface area contributed by atoms with Gasteiger partial charge >= 0.3 is 0 Å². The van der Waals surface area contributed by atoms with Crippen molar-refractivity contribution in [1.29, 1.82) is 0 Å². The highest BCUT2D eigenvalue weighted by atomic mass is 16.2. The van der Waals surface area contributed by atoms with Crippen LogP contribution in [0.3, 0.4) is 0 Å². The quantitative estimate of drug-likeness (QED) is 0.663. The van der Waals surface area contributed by atoms with Crippen molar-refractivity contribution in [2.75, 3.05) is 29.7 Å². The predicted molar refractivity (Wildman–Crippen MR) is 89.9 cm³/mol. The van der Waals surface area contributed by atoms with Crippen molar-refractivity contribution >= 4 is 23.2 Å². The predicted octanol–water partition coefficient (Wildman–Crippen LogP) is 1.45. The van der Waals surface area contributed by atoms with Crippen LogP contribution in [0.4, 0.5) is 17.3 Å². The maximum absolute atomic E-state index is 12.0. The summed E-state index contributed by atoms with van der Waals surface area (Å²) >= 11 is 0. The topological polar surface area (TPSA) is 109 Å². The first-order chi connectivity index (χ1) is 11.1. The molecule has 2 aromatic rings. The molecule has 0 aliphatic heterocycles. The molecule has 0 atom stereocenters. The van der Waals surface area contributed by atoms with Crippen LogP contribution in [0.5, 0.6) is 0 Å². The van der Waals surface area contributed by atoms with Gasteiger partial charge in [-0.2, -0.15) is 0 Å². The highest BCUT2D eigenvalue weighted by molar-refractivity contribution is 5.94. The fourth-order valence-electron chi connectivity index (χ4n) is 1.98. The average Bonchev–Trinajstić information content (AvgIpc) is 2.59. The number of anilines is 3. The van der Waals surface area contributed by atoms with E-state index < -0.39 is 0 Å². The molecule has 8 heteroatoms. The van der Waals surface area contributed by atoms with E-state index in [4.69, 9.17) is 5.73 Å². The van der Waals surface area contributed by atoms with E-state index in [0.29, 0.717) is 22.9 Å². The Hall–Kier alpha value is -2.90. The number of aromatic nitrogens is 3. The second-order valence-corrected chi connectivity index (χ2v) is 5.06. The molecular weight excluding hydrogens is 294 g/mol. The molecule has 2 rings (SSSR count). The van der Waals surface area contributed by atoms with Crippen molar-refractivity contribution in [3.8, 4) is 0 Å². The molecule has 23 heavy (non-hydrogen) atoms. The monoisotopic (exact) mass is 315 g/mol. The van der Waals surface area contributed by atoms with Crippen molar-refractivity contribution < 1.29 is 4.79 Å². The lowest BCUT2D eigenvalue weighted by molar-refractivity contribution is 0.0962. The van der Waals surface area contributed by atoms with Gasteiger partial charge in [-0.3, -0.25) is 20.6 Å². The molecule has 0 saturated carbocycles. The molecule has 8 nitrogen and oxygen atoms in total. The van der Waals surface area contributed by atoms with Gasteiger partial charge in [-0.25, -0.2) is 9.97 Å². The summed E-state index contributed by atoms with van der Waals surface area (Å²) < 4.78 is 0. The first-order valence-electron chi connectivity index (χ1n) is 7.41. The van der Waals surface area contributed by atoms with E-state index >= 15 is 0 Å². The lowest BCUT2D eigenvalue weighted by Gasteiger charge is -2.20. The van der Waals surface area contributed by atoms with Crippen LogP contribution in [0.2, 0.25) is 0 Å². The number of rotatable bonds is 7. The Bertz CT molecular complexity index is 648. The lowest BCUT2D eigenvalue weighted by Crippen LogP contribution is -2.31. The Kier molecular flexibility index (Phi) is 5.67. The van der Waals surface area contributed by atoms with Crippen LogP contribution in [0.25, 0.3) is 0 Å². The van der Waals surface area contributed by atoms with E-state index in [1.165, 1.54) is 12.5 Å². The van der Waals surface area contributed by atoms with E-state index in [1.54, 1.807) is 18.3 Å². The number of nitrogens with one attached hydrogen (secondary N) is 2. The number of nitrogens with two attached hydrogens (primary N) is 1. The largest absolute Gasteiger partial charge is 0.393 e. The summed E-state index contributed by atoms with van der Waals surface area (Å²) in [6.07, 6.45) is 6.62. The van der Waals surface area contributed by atoms with Gasteiger partial charge in [0.25, 0.3) is 5.91 Å². The molecule has 1 amide bonds. The first kappa shape index (κ1) is 16.5. The van der Waals surface area contributed by atoms with Gasteiger partial charge in [0.2, 0.25) is 0 Å². The summed E-state index contributed by atoms with van der Waals surface area (Å²) in [6.45, 7) is 2.97.